The van der Waals surface area contributed by atoms with Crippen molar-refractivity contribution in [2.75, 3.05) is 32.7 Å². The molecule has 0 spiro atoms. The summed E-state index contributed by atoms with van der Waals surface area (Å²) in [7, 11) is 2.91. The van der Waals surface area contributed by atoms with Gasteiger partial charge in [0, 0.05) is 17.9 Å². The minimum absolute atomic E-state index is 0.148. The third-order valence-electron chi connectivity index (χ3n) is 6.58. The average Bonchev–Trinajstić information content (AvgIpc) is 3.20. The van der Waals surface area contributed by atoms with E-state index >= 15 is 0 Å². The van der Waals surface area contributed by atoms with Gasteiger partial charge in [0.25, 0.3) is 11.8 Å². The molecule has 4 rings (SSSR count). The molecule has 0 saturated heterocycles. The smallest absolute Gasteiger partial charge is 0.340 e. The molecular weight excluding hydrogens is 508 g/mol. The summed E-state index contributed by atoms with van der Waals surface area (Å²) in [5.74, 6) is 0.157. The minimum atomic E-state index is -0.566. The second kappa shape index (κ2) is 12.8. The molecule has 2 amide bonds. The SMILES string of the molecule is COC(=O)C1=C(C)N(CCc2ccc(OC)cc2)C(=O)/C1=C\c1ccc(OCC(=O)Nc2ccc(C)cc2)cc1. The van der Waals surface area contributed by atoms with Crippen LogP contribution in [0.4, 0.5) is 5.69 Å². The van der Waals surface area contributed by atoms with E-state index in [4.69, 9.17) is 14.2 Å². The summed E-state index contributed by atoms with van der Waals surface area (Å²) in [5.41, 5.74) is 4.61. The van der Waals surface area contributed by atoms with Gasteiger partial charge in [-0.15, -0.1) is 0 Å². The van der Waals surface area contributed by atoms with Gasteiger partial charge in [-0.1, -0.05) is 42.0 Å². The van der Waals surface area contributed by atoms with Crippen LogP contribution in [-0.4, -0.2) is 50.1 Å². The normalized spacial score (nSPS) is 13.9. The van der Waals surface area contributed by atoms with Crippen molar-refractivity contribution in [3.05, 3.63) is 106 Å². The Labute approximate surface area is 233 Å². The van der Waals surface area contributed by atoms with Crippen molar-refractivity contribution in [3.63, 3.8) is 0 Å². The van der Waals surface area contributed by atoms with Gasteiger partial charge in [0.1, 0.15) is 11.5 Å². The van der Waals surface area contributed by atoms with Crippen molar-refractivity contribution in [1.29, 1.82) is 0 Å². The molecule has 0 atom stereocenters. The fourth-order valence-electron chi connectivity index (χ4n) is 4.34. The van der Waals surface area contributed by atoms with Crippen molar-refractivity contribution >= 4 is 29.5 Å². The molecule has 40 heavy (non-hydrogen) atoms. The largest absolute Gasteiger partial charge is 0.497 e. The average molecular weight is 541 g/mol. The number of rotatable bonds is 10. The van der Waals surface area contributed by atoms with Gasteiger partial charge in [-0.3, -0.25) is 9.59 Å². The monoisotopic (exact) mass is 540 g/mol. The number of benzene rings is 3. The lowest BCUT2D eigenvalue weighted by Gasteiger charge is -2.18. The van der Waals surface area contributed by atoms with Gasteiger partial charge in [0.05, 0.1) is 25.4 Å². The molecule has 3 aromatic carbocycles. The molecule has 206 valence electrons. The molecule has 1 heterocycles. The van der Waals surface area contributed by atoms with E-state index < -0.39 is 5.97 Å². The minimum Gasteiger partial charge on any atom is -0.497 e. The zero-order valence-corrected chi connectivity index (χ0v) is 23.0. The van der Waals surface area contributed by atoms with Crippen LogP contribution in [0.5, 0.6) is 11.5 Å². The van der Waals surface area contributed by atoms with Crippen molar-refractivity contribution in [2.24, 2.45) is 0 Å². The van der Waals surface area contributed by atoms with Crippen molar-refractivity contribution in [2.45, 2.75) is 20.3 Å². The van der Waals surface area contributed by atoms with Crippen molar-refractivity contribution in [3.8, 4) is 11.5 Å². The maximum Gasteiger partial charge on any atom is 0.340 e. The van der Waals surface area contributed by atoms with E-state index in [-0.39, 0.29) is 29.6 Å². The maximum absolute atomic E-state index is 13.4. The van der Waals surface area contributed by atoms with E-state index in [1.807, 2.05) is 55.5 Å². The van der Waals surface area contributed by atoms with Crippen LogP contribution < -0.4 is 14.8 Å². The van der Waals surface area contributed by atoms with Gasteiger partial charge < -0.3 is 24.4 Å². The molecule has 1 aliphatic heterocycles. The number of ether oxygens (including phenoxy) is 3. The van der Waals surface area contributed by atoms with E-state index in [0.717, 1.165) is 16.9 Å². The van der Waals surface area contributed by atoms with Gasteiger partial charge in [0.15, 0.2) is 6.61 Å². The predicted molar refractivity (Wildman–Crippen MR) is 153 cm³/mol. The van der Waals surface area contributed by atoms with E-state index in [2.05, 4.69) is 5.32 Å². The fourth-order valence-corrected chi connectivity index (χ4v) is 4.34. The van der Waals surface area contributed by atoms with Crippen LogP contribution in [0, 0.1) is 6.92 Å². The highest BCUT2D eigenvalue weighted by Crippen LogP contribution is 2.32. The summed E-state index contributed by atoms with van der Waals surface area (Å²) < 4.78 is 15.8. The standard InChI is InChI=1S/C32H32N2O6/c1-21-5-11-25(12-6-21)33-29(35)20-40-27-15-9-24(10-16-27)19-28-30(32(37)39-4)22(2)34(31(28)36)18-17-23-7-13-26(38-3)14-8-23/h5-16,19H,17-18,20H2,1-4H3,(H,33,35)/b28-19-. The van der Waals surface area contributed by atoms with Crippen molar-refractivity contribution in [1.82, 2.24) is 4.90 Å². The van der Waals surface area contributed by atoms with Crippen LogP contribution in [0.2, 0.25) is 0 Å². The Morgan fingerprint density at radius 2 is 1.52 bits per heavy atom. The Balaban J connectivity index is 1.43. The van der Waals surface area contributed by atoms with Gasteiger partial charge >= 0.3 is 5.97 Å². The number of aryl methyl sites for hydroxylation is 1. The molecule has 0 bridgehead atoms. The van der Waals surface area contributed by atoms with E-state index in [1.165, 1.54) is 7.11 Å². The Morgan fingerprint density at radius 3 is 2.15 bits per heavy atom. The number of amides is 2. The third kappa shape index (κ3) is 6.77. The van der Waals surface area contributed by atoms with Crippen LogP contribution in [0.15, 0.2) is 89.6 Å². The lowest BCUT2D eigenvalue weighted by molar-refractivity contribution is -0.136. The zero-order valence-electron chi connectivity index (χ0n) is 23.0. The van der Waals surface area contributed by atoms with Gasteiger partial charge in [-0.25, -0.2) is 4.79 Å². The number of carbonyl (C=O) groups excluding carboxylic acids is 3. The summed E-state index contributed by atoms with van der Waals surface area (Å²) in [6.45, 7) is 3.99. The summed E-state index contributed by atoms with van der Waals surface area (Å²) in [6, 6.07) is 22.1. The van der Waals surface area contributed by atoms with Gasteiger partial charge in [-0.05, 0) is 73.9 Å². The van der Waals surface area contributed by atoms with E-state index in [0.29, 0.717) is 35.7 Å². The zero-order chi connectivity index (χ0) is 28.6. The molecule has 3 aromatic rings. The van der Waals surface area contributed by atoms with Crippen LogP contribution in [0.25, 0.3) is 6.08 Å². The highest BCUT2D eigenvalue weighted by Gasteiger charge is 2.36. The summed E-state index contributed by atoms with van der Waals surface area (Å²) in [4.78, 5) is 39.9. The first kappa shape index (κ1) is 28.2. The third-order valence-corrected chi connectivity index (χ3v) is 6.58. The summed E-state index contributed by atoms with van der Waals surface area (Å²) in [6.07, 6.45) is 2.28. The molecule has 8 heteroatoms. The Hall–Kier alpha value is -4.85. The lowest BCUT2D eigenvalue weighted by Crippen LogP contribution is -2.27. The molecule has 0 saturated carbocycles. The molecule has 1 aliphatic rings. The first-order valence-electron chi connectivity index (χ1n) is 12.8. The molecule has 8 nitrogen and oxygen atoms in total. The molecule has 0 fully saturated rings. The molecule has 0 aliphatic carbocycles. The van der Waals surface area contributed by atoms with Crippen LogP contribution in [0.1, 0.15) is 23.6 Å². The topological polar surface area (TPSA) is 94.2 Å². The predicted octanol–water partition coefficient (Wildman–Crippen LogP) is 4.94. The van der Waals surface area contributed by atoms with Crippen LogP contribution in [-0.2, 0) is 25.5 Å². The second-order valence-electron chi connectivity index (χ2n) is 9.34. The molecule has 0 radical (unpaired) electrons. The number of methoxy groups -OCH3 is 2. The highest BCUT2D eigenvalue weighted by atomic mass is 16.5. The number of nitrogens with zero attached hydrogens (tertiary/aromatic N) is 1. The fraction of sp³-hybridized carbons (Fsp3) is 0.219. The number of esters is 1. The maximum atomic E-state index is 13.4. The van der Waals surface area contributed by atoms with E-state index in [1.54, 1.807) is 49.3 Å². The number of nitrogens with one attached hydrogen (secondary N) is 1. The second-order valence-corrected chi connectivity index (χ2v) is 9.34. The highest BCUT2D eigenvalue weighted by molar-refractivity contribution is 6.16. The number of hydrogen-bond donors (Lipinski definition) is 1. The Bertz CT molecular complexity index is 1440. The lowest BCUT2D eigenvalue weighted by atomic mass is 10.0. The first-order chi connectivity index (χ1) is 19.3. The van der Waals surface area contributed by atoms with Crippen LogP contribution >= 0.6 is 0 Å². The van der Waals surface area contributed by atoms with Gasteiger partial charge in [0.2, 0.25) is 0 Å². The number of hydrogen-bond acceptors (Lipinski definition) is 6. The number of carbonyl (C=O) groups is 3. The Kier molecular flexibility index (Phi) is 9.01. The molecule has 1 N–H and O–H groups in total. The molecular formula is C32H32N2O6. The van der Waals surface area contributed by atoms with Crippen molar-refractivity contribution < 1.29 is 28.6 Å². The molecule has 0 aromatic heterocycles. The van der Waals surface area contributed by atoms with Gasteiger partial charge in [-0.2, -0.15) is 0 Å². The Morgan fingerprint density at radius 1 is 0.875 bits per heavy atom. The summed E-state index contributed by atoms with van der Waals surface area (Å²) in [5, 5.41) is 2.79. The van der Waals surface area contributed by atoms with Crippen LogP contribution in [0.3, 0.4) is 0 Å². The summed E-state index contributed by atoms with van der Waals surface area (Å²) >= 11 is 0. The number of anilines is 1. The quantitative estimate of drug-likeness (QED) is 0.289. The van der Waals surface area contributed by atoms with E-state index in [9.17, 15) is 14.4 Å². The first-order valence-corrected chi connectivity index (χ1v) is 12.8. The number of allylic oxidation sites excluding steroid dienone is 1. The molecule has 0 unspecified atom stereocenters.